The second-order valence-corrected chi connectivity index (χ2v) is 5.32. The predicted octanol–water partition coefficient (Wildman–Crippen LogP) is -0.591. The van der Waals surface area contributed by atoms with Crippen molar-refractivity contribution in [2.75, 3.05) is 26.2 Å². The van der Waals surface area contributed by atoms with Crippen molar-refractivity contribution in [1.82, 2.24) is 25.2 Å². The second-order valence-electron chi connectivity index (χ2n) is 5.32. The zero-order chi connectivity index (χ0) is 13.2. The highest BCUT2D eigenvalue weighted by atomic mass is 16.3. The molecule has 0 atom stereocenters. The number of aliphatic hydroxyl groups excluding tert-OH is 1. The normalized spacial score (nSPS) is 20.3. The van der Waals surface area contributed by atoms with Crippen molar-refractivity contribution >= 4 is 5.91 Å². The van der Waals surface area contributed by atoms with Gasteiger partial charge in [-0.3, -0.25) is 9.69 Å². The Bertz CT molecular complexity index is 451. The van der Waals surface area contributed by atoms with Crippen LogP contribution >= 0.6 is 0 Å². The highest BCUT2D eigenvalue weighted by Gasteiger charge is 2.29. The maximum atomic E-state index is 11.9. The van der Waals surface area contributed by atoms with Gasteiger partial charge in [-0.1, -0.05) is 5.21 Å². The van der Waals surface area contributed by atoms with Gasteiger partial charge >= 0.3 is 0 Å². The first-order chi connectivity index (χ1) is 9.26. The number of hydrogen-bond donors (Lipinski definition) is 2. The van der Waals surface area contributed by atoms with E-state index in [4.69, 9.17) is 5.11 Å². The van der Waals surface area contributed by atoms with Gasteiger partial charge in [-0.25, -0.2) is 4.68 Å². The summed E-state index contributed by atoms with van der Waals surface area (Å²) in [5.74, 6) is -0.140. The lowest BCUT2D eigenvalue weighted by molar-refractivity contribution is 0.0789. The van der Waals surface area contributed by atoms with Crippen molar-refractivity contribution in [2.24, 2.45) is 0 Å². The Labute approximate surface area is 111 Å². The quantitative estimate of drug-likeness (QED) is 0.718. The molecule has 0 radical (unpaired) electrons. The van der Waals surface area contributed by atoms with E-state index in [1.54, 1.807) is 10.9 Å². The van der Waals surface area contributed by atoms with E-state index >= 15 is 0 Å². The van der Waals surface area contributed by atoms with Gasteiger partial charge in [0.05, 0.1) is 18.3 Å². The van der Waals surface area contributed by atoms with Crippen molar-refractivity contribution in [3.63, 3.8) is 0 Å². The molecule has 1 aliphatic heterocycles. The first kappa shape index (κ1) is 12.6. The first-order valence-electron chi connectivity index (χ1n) is 6.82. The number of nitrogens with one attached hydrogen (secondary N) is 1. The topological polar surface area (TPSA) is 83.3 Å². The Kier molecular flexibility index (Phi) is 3.48. The lowest BCUT2D eigenvalue weighted by atomic mass is 10.1. The van der Waals surface area contributed by atoms with Gasteiger partial charge in [0, 0.05) is 26.2 Å². The van der Waals surface area contributed by atoms with E-state index < -0.39 is 0 Å². The molecule has 0 bridgehead atoms. The summed E-state index contributed by atoms with van der Waals surface area (Å²) < 4.78 is 1.78. The van der Waals surface area contributed by atoms with Crippen molar-refractivity contribution < 1.29 is 9.90 Å². The molecule has 0 aromatic carbocycles. The number of rotatable bonds is 6. The van der Waals surface area contributed by atoms with Crippen LogP contribution in [0.5, 0.6) is 0 Å². The van der Waals surface area contributed by atoms with Crippen molar-refractivity contribution in [3.8, 4) is 0 Å². The molecule has 1 aromatic rings. The number of amides is 1. The molecule has 7 nitrogen and oxygen atoms in total. The van der Waals surface area contributed by atoms with E-state index in [0.29, 0.717) is 11.7 Å². The molecule has 1 aromatic heterocycles. The molecular weight excluding hydrogens is 246 g/mol. The van der Waals surface area contributed by atoms with Crippen LogP contribution in [0.3, 0.4) is 0 Å². The lowest BCUT2D eigenvalue weighted by Gasteiger charge is -2.39. The maximum absolute atomic E-state index is 11.9. The summed E-state index contributed by atoms with van der Waals surface area (Å²) in [6, 6.07) is 0.643. The molecule has 0 unspecified atom stereocenters. The molecule has 1 amide bonds. The summed E-state index contributed by atoms with van der Waals surface area (Å²) in [6.07, 6.45) is 4.78. The summed E-state index contributed by atoms with van der Waals surface area (Å²) in [4.78, 5) is 14.1. The van der Waals surface area contributed by atoms with Gasteiger partial charge in [-0.2, -0.15) is 0 Å². The molecule has 0 spiro atoms. The molecule has 104 valence electrons. The van der Waals surface area contributed by atoms with Gasteiger partial charge in [0.15, 0.2) is 5.69 Å². The monoisotopic (exact) mass is 265 g/mol. The van der Waals surface area contributed by atoms with Crippen LogP contribution in [0.4, 0.5) is 0 Å². The van der Waals surface area contributed by atoms with Gasteiger partial charge in [0.2, 0.25) is 0 Å². The molecule has 19 heavy (non-hydrogen) atoms. The van der Waals surface area contributed by atoms with Gasteiger partial charge in [0.1, 0.15) is 0 Å². The minimum atomic E-state index is -0.140. The number of aliphatic hydroxyl groups is 1. The fourth-order valence-corrected chi connectivity index (χ4v) is 2.30. The summed E-state index contributed by atoms with van der Waals surface area (Å²) in [5, 5.41) is 19.6. The zero-order valence-corrected chi connectivity index (χ0v) is 10.8. The summed E-state index contributed by atoms with van der Waals surface area (Å²) in [5.41, 5.74) is 0.403. The van der Waals surface area contributed by atoms with Crippen molar-refractivity contribution in [2.45, 2.75) is 31.3 Å². The Morgan fingerprint density at radius 2 is 2.26 bits per heavy atom. The highest BCUT2D eigenvalue weighted by molar-refractivity contribution is 5.92. The highest BCUT2D eigenvalue weighted by Crippen LogP contribution is 2.33. The Morgan fingerprint density at radius 1 is 1.47 bits per heavy atom. The van der Waals surface area contributed by atoms with Gasteiger partial charge in [-0.05, 0) is 19.3 Å². The van der Waals surface area contributed by atoms with Crippen LogP contribution in [0.2, 0.25) is 0 Å². The molecule has 2 fully saturated rings. The molecule has 3 rings (SSSR count). The number of hydrogen-bond acceptors (Lipinski definition) is 5. The fraction of sp³-hybridized carbons (Fsp3) is 0.750. The number of carbonyl (C=O) groups excluding carboxylic acids is 1. The van der Waals surface area contributed by atoms with Crippen LogP contribution in [0.25, 0.3) is 0 Å². The summed E-state index contributed by atoms with van der Waals surface area (Å²) in [7, 11) is 0. The average molecular weight is 265 g/mol. The SMILES string of the molecule is O=C(NC1CN(CCCO)C1)c1cn(C2CC2)nn1. The van der Waals surface area contributed by atoms with E-state index in [-0.39, 0.29) is 18.6 Å². The minimum Gasteiger partial charge on any atom is -0.396 e. The third-order valence-corrected chi connectivity index (χ3v) is 3.59. The molecule has 1 saturated heterocycles. The summed E-state index contributed by atoms with van der Waals surface area (Å²) >= 11 is 0. The van der Waals surface area contributed by atoms with E-state index in [0.717, 1.165) is 38.9 Å². The zero-order valence-electron chi connectivity index (χ0n) is 10.8. The lowest BCUT2D eigenvalue weighted by Crippen LogP contribution is -2.59. The van der Waals surface area contributed by atoms with Gasteiger partial charge in [0.25, 0.3) is 5.91 Å². The number of aromatic nitrogens is 3. The minimum absolute atomic E-state index is 0.140. The van der Waals surface area contributed by atoms with Crippen molar-refractivity contribution in [1.29, 1.82) is 0 Å². The van der Waals surface area contributed by atoms with Crippen LogP contribution in [0, 0.1) is 0 Å². The average Bonchev–Trinajstić information content (AvgIpc) is 3.09. The Balaban J connectivity index is 1.44. The standard InChI is InChI=1S/C12H19N5O2/c18-5-1-4-16-6-9(7-16)13-12(19)11-8-17(15-14-11)10-2-3-10/h8-10,18H,1-7H2,(H,13,19). The molecule has 1 aliphatic carbocycles. The largest absolute Gasteiger partial charge is 0.396 e. The third kappa shape index (κ3) is 2.93. The predicted molar refractivity (Wildman–Crippen MR) is 67.7 cm³/mol. The van der Waals surface area contributed by atoms with Gasteiger partial charge in [-0.15, -0.1) is 5.10 Å². The van der Waals surface area contributed by atoms with Crippen molar-refractivity contribution in [3.05, 3.63) is 11.9 Å². The van der Waals surface area contributed by atoms with Crippen LogP contribution < -0.4 is 5.32 Å². The smallest absolute Gasteiger partial charge is 0.273 e. The number of likely N-dealkylation sites (tertiary alicyclic amines) is 1. The van der Waals surface area contributed by atoms with E-state index in [1.165, 1.54) is 0 Å². The van der Waals surface area contributed by atoms with E-state index in [1.807, 2.05) is 0 Å². The Morgan fingerprint density at radius 3 is 2.95 bits per heavy atom. The molecule has 7 heteroatoms. The van der Waals surface area contributed by atoms with E-state index in [9.17, 15) is 4.79 Å². The first-order valence-corrected chi connectivity index (χ1v) is 6.82. The molecule has 2 N–H and O–H groups in total. The van der Waals surface area contributed by atoms with Crippen LogP contribution in [-0.4, -0.2) is 63.2 Å². The van der Waals surface area contributed by atoms with Crippen LogP contribution in [0.1, 0.15) is 35.8 Å². The number of carbonyl (C=O) groups is 1. The fourth-order valence-electron chi connectivity index (χ4n) is 2.30. The maximum Gasteiger partial charge on any atom is 0.273 e. The third-order valence-electron chi connectivity index (χ3n) is 3.59. The van der Waals surface area contributed by atoms with Gasteiger partial charge < -0.3 is 10.4 Å². The van der Waals surface area contributed by atoms with Crippen LogP contribution in [0.15, 0.2) is 6.20 Å². The Hall–Kier alpha value is -1.47. The van der Waals surface area contributed by atoms with Crippen LogP contribution in [-0.2, 0) is 0 Å². The molecule has 1 saturated carbocycles. The summed E-state index contributed by atoms with van der Waals surface area (Å²) in [6.45, 7) is 2.81. The van der Waals surface area contributed by atoms with E-state index in [2.05, 4.69) is 20.5 Å². The second kappa shape index (κ2) is 5.26. The molecular formula is C12H19N5O2. The molecule has 2 heterocycles. The molecule has 2 aliphatic rings. The number of nitrogens with zero attached hydrogens (tertiary/aromatic N) is 4.